The highest BCUT2D eigenvalue weighted by molar-refractivity contribution is 6.06. The van der Waals surface area contributed by atoms with Crippen LogP contribution in [0.25, 0.3) is 10.8 Å². The summed E-state index contributed by atoms with van der Waals surface area (Å²) in [6, 6.07) is 19.9. The maximum Gasteiger partial charge on any atom is 0.359 e. The van der Waals surface area contributed by atoms with Crippen LogP contribution in [0, 0.1) is 0 Å². The molecule has 38 heavy (non-hydrogen) atoms. The zero-order valence-corrected chi connectivity index (χ0v) is 20.9. The van der Waals surface area contributed by atoms with Crippen molar-refractivity contribution in [1.82, 2.24) is 9.78 Å². The molecular formula is C28H26N4O6. The first kappa shape index (κ1) is 26.1. The summed E-state index contributed by atoms with van der Waals surface area (Å²) in [4.78, 5) is 50.3. The number of hydrogen-bond donors (Lipinski definition) is 2. The Morgan fingerprint density at radius 3 is 2.29 bits per heavy atom. The van der Waals surface area contributed by atoms with Gasteiger partial charge in [0.15, 0.2) is 12.3 Å². The van der Waals surface area contributed by atoms with Gasteiger partial charge < -0.3 is 20.1 Å². The summed E-state index contributed by atoms with van der Waals surface area (Å²) in [7, 11) is 1.52. The number of nitrogens with one attached hydrogen (secondary N) is 2. The minimum atomic E-state index is -0.815. The van der Waals surface area contributed by atoms with Gasteiger partial charge in [0.05, 0.1) is 18.2 Å². The first-order valence-electron chi connectivity index (χ1n) is 11.9. The number of methoxy groups -OCH3 is 1. The summed E-state index contributed by atoms with van der Waals surface area (Å²) < 4.78 is 11.7. The Hall–Kier alpha value is -4.99. The van der Waals surface area contributed by atoms with E-state index < -0.39 is 18.5 Å². The highest BCUT2D eigenvalue weighted by atomic mass is 16.5. The van der Waals surface area contributed by atoms with E-state index in [4.69, 9.17) is 9.47 Å². The molecule has 4 rings (SSSR count). The third-order valence-electron chi connectivity index (χ3n) is 5.62. The molecule has 10 nitrogen and oxygen atoms in total. The number of anilines is 2. The Balaban J connectivity index is 1.38. The predicted molar refractivity (Wildman–Crippen MR) is 143 cm³/mol. The SMILES string of the molecule is CCCn1nc(C(=O)OCC(=O)Nc2ccc(C(=O)Nc3ccccc3OC)cc2)c2ccccc2c1=O. The van der Waals surface area contributed by atoms with Gasteiger partial charge in [-0.1, -0.05) is 37.3 Å². The van der Waals surface area contributed by atoms with Crippen LogP contribution in [-0.4, -0.2) is 41.3 Å². The van der Waals surface area contributed by atoms with Crippen LogP contribution >= 0.6 is 0 Å². The van der Waals surface area contributed by atoms with Crippen LogP contribution in [0.15, 0.2) is 77.6 Å². The molecule has 0 saturated heterocycles. The molecule has 4 aromatic rings. The van der Waals surface area contributed by atoms with E-state index in [0.717, 1.165) is 0 Å². The Morgan fingerprint density at radius 1 is 0.895 bits per heavy atom. The molecule has 0 bridgehead atoms. The second-order valence-corrected chi connectivity index (χ2v) is 8.28. The maximum absolute atomic E-state index is 12.8. The number of hydrogen-bond acceptors (Lipinski definition) is 7. The molecule has 0 aliphatic carbocycles. The van der Waals surface area contributed by atoms with Crippen molar-refractivity contribution in [3.05, 3.63) is 94.4 Å². The second kappa shape index (κ2) is 11.8. The predicted octanol–water partition coefficient (Wildman–Crippen LogP) is 3.86. The standard InChI is InChI=1S/C28H26N4O6/c1-3-16-32-27(35)21-9-5-4-8-20(21)25(31-32)28(36)38-17-24(33)29-19-14-12-18(13-15-19)26(34)30-22-10-6-7-11-23(22)37-2/h4-15H,3,16-17H2,1-2H3,(H,29,33)(H,30,34). The average molecular weight is 515 g/mol. The van der Waals surface area contributed by atoms with Crippen molar-refractivity contribution in [3.8, 4) is 5.75 Å². The van der Waals surface area contributed by atoms with E-state index in [2.05, 4.69) is 15.7 Å². The third-order valence-corrected chi connectivity index (χ3v) is 5.62. The van der Waals surface area contributed by atoms with Gasteiger partial charge in [-0.2, -0.15) is 5.10 Å². The lowest BCUT2D eigenvalue weighted by molar-refractivity contribution is -0.119. The smallest absolute Gasteiger partial charge is 0.359 e. The zero-order valence-electron chi connectivity index (χ0n) is 20.9. The van der Waals surface area contributed by atoms with Crippen molar-refractivity contribution in [2.24, 2.45) is 0 Å². The highest BCUT2D eigenvalue weighted by Crippen LogP contribution is 2.24. The maximum atomic E-state index is 12.8. The van der Waals surface area contributed by atoms with Gasteiger partial charge in [0.1, 0.15) is 5.75 Å². The Morgan fingerprint density at radius 2 is 1.58 bits per heavy atom. The number of fused-ring (bicyclic) bond motifs is 1. The lowest BCUT2D eigenvalue weighted by Gasteiger charge is -2.11. The second-order valence-electron chi connectivity index (χ2n) is 8.28. The molecule has 0 spiro atoms. The quantitative estimate of drug-likeness (QED) is 0.325. The van der Waals surface area contributed by atoms with Gasteiger partial charge in [0.25, 0.3) is 17.4 Å². The lowest BCUT2D eigenvalue weighted by Crippen LogP contribution is -2.27. The van der Waals surface area contributed by atoms with Gasteiger partial charge in [-0.3, -0.25) is 14.4 Å². The molecule has 0 atom stereocenters. The number of carbonyl (C=O) groups is 3. The molecule has 0 aliphatic heterocycles. The highest BCUT2D eigenvalue weighted by Gasteiger charge is 2.19. The summed E-state index contributed by atoms with van der Waals surface area (Å²) in [5, 5.41) is 10.3. The number of nitrogens with zero attached hydrogens (tertiary/aromatic N) is 2. The molecule has 0 saturated carbocycles. The summed E-state index contributed by atoms with van der Waals surface area (Å²) in [6.45, 7) is 1.68. The number of aryl methyl sites for hydroxylation is 1. The molecule has 194 valence electrons. The molecule has 2 amide bonds. The monoisotopic (exact) mass is 514 g/mol. The molecule has 2 N–H and O–H groups in total. The summed E-state index contributed by atoms with van der Waals surface area (Å²) in [6.07, 6.45) is 0.656. The number of rotatable bonds is 9. The van der Waals surface area contributed by atoms with Gasteiger partial charge in [-0.25, -0.2) is 9.48 Å². The number of aromatic nitrogens is 2. The molecule has 0 fully saturated rings. The summed E-state index contributed by atoms with van der Waals surface area (Å²) in [5.74, 6) is -1.20. The number of amides is 2. The molecular weight excluding hydrogens is 488 g/mol. The van der Waals surface area contributed by atoms with Gasteiger partial charge in [-0.05, 0) is 48.9 Å². The van der Waals surface area contributed by atoms with Gasteiger partial charge >= 0.3 is 5.97 Å². The summed E-state index contributed by atoms with van der Waals surface area (Å²) >= 11 is 0. The van der Waals surface area contributed by atoms with Crippen molar-refractivity contribution in [1.29, 1.82) is 0 Å². The van der Waals surface area contributed by atoms with Gasteiger partial charge in [-0.15, -0.1) is 0 Å². The van der Waals surface area contributed by atoms with E-state index in [1.54, 1.807) is 72.8 Å². The molecule has 1 aromatic heterocycles. The number of para-hydroxylation sites is 2. The largest absolute Gasteiger partial charge is 0.495 e. The first-order chi connectivity index (χ1) is 18.4. The van der Waals surface area contributed by atoms with E-state index in [-0.39, 0.29) is 17.2 Å². The molecule has 1 heterocycles. The van der Waals surface area contributed by atoms with Crippen LogP contribution in [-0.2, 0) is 16.1 Å². The van der Waals surface area contributed by atoms with Crippen LogP contribution in [0.1, 0.15) is 34.2 Å². The van der Waals surface area contributed by atoms with Crippen molar-refractivity contribution in [2.75, 3.05) is 24.4 Å². The zero-order chi connectivity index (χ0) is 27.1. The number of ether oxygens (including phenoxy) is 2. The lowest BCUT2D eigenvalue weighted by atomic mass is 10.1. The van der Waals surface area contributed by atoms with E-state index in [9.17, 15) is 19.2 Å². The topological polar surface area (TPSA) is 129 Å². The van der Waals surface area contributed by atoms with Crippen molar-refractivity contribution < 1.29 is 23.9 Å². The molecule has 0 aliphatic rings. The van der Waals surface area contributed by atoms with E-state index in [0.29, 0.717) is 46.4 Å². The van der Waals surface area contributed by atoms with Crippen LogP contribution in [0.2, 0.25) is 0 Å². The third kappa shape index (κ3) is 5.86. The Kier molecular flexibility index (Phi) is 8.12. The normalized spacial score (nSPS) is 10.6. The fourth-order valence-electron chi connectivity index (χ4n) is 3.79. The Labute approximate surface area is 218 Å². The number of carbonyl (C=O) groups excluding carboxylic acids is 3. The van der Waals surface area contributed by atoms with Crippen LogP contribution < -0.4 is 20.9 Å². The fraction of sp³-hybridized carbons (Fsp3) is 0.179. The van der Waals surface area contributed by atoms with Crippen LogP contribution in [0.4, 0.5) is 11.4 Å². The van der Waals surface area contributed by atoms with E-state index in [1.807, 2.05) is 6.92 Å². The van der Waals surface area contributed by atoms with E-state index >= 15 is 0 Å². The number of benzene rings is 3. The van der Waals surface area contributed by atoms with Crippen LogP contribution in [0.5, 0.6) is 5.75 Å². The minimum absolute atomic E-state index is 0.0353. The molecule has 10 heteroatoms. The fourth-order valence-corrected chi connectivity index (χ4v) is 3.79. The number of esters is 1. The molecule has 0 radical (unpaired) electrons. The Bertz CT molecular complexity index is 1550. The van der Waals surface area contributed by atoms with Crippen molar-refractivity contribution in [2.45, 2.75) is 19.9 Å². The molecule has 3 aromatic carbocycles. The van der Waals surface area contributed by atoms with E-state index in [1.165, 1.54) is 11.8 Å². The summed E-state index contributed by atoms with van der Waals surface area (Å²) in [5.41, 5.74) is 0.996. The average Bonchev–Trinajstić information content (AvgIpc) is 2.94. The first-order valence-corrected chi connectivity index (χ1v) is 11.9. The van der Waals surface area contributed by atoms with Crippen LogP contribution in [0.3, 0.4) is 0 Å². The van der Waals surface area contributed by atoms with Gasteiger partial charge in [0.2, 0.25) is 0 Å². The van der Waals surface area contributed by atoms with Gasteiger partial charge in [0, 0.05) is 23.2 Å². The minimum Gasteiger partial charge on any atom is -0.495 e. The van der Waals surface area contributed by atoms with Crippen molar-refractivity contribution in [3.63, 3.8) is 0 Å². The molecule has 0 unspecified atom stereocenters. The van der Waals surface area contributed by atoms with Crippen molar-refractivity contribution >= 4 is 39.9 Å².